The largest absolute Gasteiger partial charge is 0.378 e. The Balaban J connectivity index is 1.68. The van der Waals surface area contributed by atoms with Crippen LogP contribution in [-0.2, 0) is 9.47 Å². The Hall–Kier alpha value is -0.690. The lowest BCUT2D eigenvalue weighted by molar-refractivity contribution is -0.0130. The number of hydrogen-bond donors (Lipinski definition) is 0. The van der Waals surface area contributed by atoms with E-state index >= 15 is 0 Å². The van der Waals surface area contributed by atoms with Crippen LogP contribution in [0.15, 0.2) is 9.98 Å². The van der Waals surface area contributed by atoms with Crippen molar-refractivity contribution >= 4 is 22.7 Å². The molecule has 0 amide bonds. The van der Waals surface area contributed by atoms with Crippen molar-refractivity contribution in [2.24, 2.45) is 9.98 Å². The highest BCUT2D eigenvalue weighted by atomic mass is 35.5. The van der Waals surface area contributed by atoms with Gasteiger partial charge in [0, 0.05) is 25.2 Å². The average Bonchev–Trinajstić information content (AvgIpc) is 2.71. The van der Waals surface area contributed by atoms with Crippen molar-refractivity contribution < 1.29 is 9.47 Å². The van der Waals surface area contributed by atoms with Crippen LogP contribution in [0, 0.1) is 0 Å². The molecular weight excluding hydrogens is 292 g/mol. The molecule has 0 aromatic heterocycles. The zero-order valence-corrected chi connectivity index (χ0v) is 13.3. The minimum absolute atomic E-state index is 0.513. The molecule has 3 aliphatic rings. The van der Waals surface area contributed by atoms with Gasteiger partial charge in [-0.05, 0) is 19.8 Å². The van der Waals surface area contributed by atoms with Gasteiger partial charge in [-0.15, -0.1) is 0 Å². The summed E-state index contributed by atoms with van der Waals surface area (Å²) >= 11 is 5.96. The Kier molecular flexibility index (Phi) is 5.11. The highest BCUT2D eigenvalue weighted by Crippen LogP contribution is 2.28. The van der Waals surface area contributed by atoms with Gasteiger partial charge >= 0.3 is 0 Å². The molecule has 3 rings (SSSR count). The van der Waals surface area contributed by atoms with Crippen molar-refractivity contribution in [3.8, 4) is 0 Å². The molecule has 3 heterocycles. The van der Waals surface area contributed by atoms with Crippen molar-refractivity contribution in [1.82, 2.24) is 9.80 Å². The highest BCUT2D eigenvalue weighted by molar-refractivity contribution is 6.65. The van der Waals surface area contributed by atoms with Gasteiger partial charge in [0.15, 0.2) is 0 Å². The molecule has 0 spiro atoms. The Bertz CT molecular complexity index is 403. The van der Waals surface area contributed by atoms with Gasteiger partial charge < -0.3 is 14.4 Å². The van der Waals surface area contributed by atoms with E-state index in [0.717, 1.165) is 45.5 Å². The summed E-state index contributed by atoms with van der Waals surface area (Å²) in [6.45, 7) is 7.21. The Labute approximate surface area is 130 Å². The van der Waals surface area contributed by atoms with Crippen LogP contribution in [0.1, 0.15) is 19.8 Å². The summed E-state index contributed by atoms with van der Waals surface area (Å²) in [4.78, 5) is 13.7. The van der Waals surface area contributed by atoms with Crippen molar-refractivity contribution in [3.05, 3.63) is 0 Å². The number of halogens is 1. The molecule has 2 bridgehead atoms. The summed E-state index contributed by atoms with van der Waals surface area (Å²) in [7, 11) is 0. The van der Waals surface area contributed by atoms with Crippen molar-refractivity contribution in [1.29, 1.82) is 0 Å². The molecule has 2 unspecified atom stereocenters. The van der Waals surface area contributed by atoms with Crippen LogP contribution in [0.4, 0.5) is 0 Å². The fourth-order valence-corrected chi connectivity index (χ4v) is 3.27. The standard InChI is InChI=1S/C14H23ClN4O2/c1-11(15)17-14(18-4-6-20-7-5-18)16-10-19-12-2-3-13(19)9-21-8-12/h12-13H,2-10H2,1H3/b16-14+,17-11+. The van der Waals surface area contributed by atoms with E-state index in [1.807, 2.05) is 0 Å². The van der Waals surface area contributed by atoms with Gasteiger partial charge in [-0.1, -0.05) is 11.6 Å². The first-order valence-electron chi connectivity index (χ1n) is 7.65. The lowest BCUT2D eigenvalue weighted by Gasteiger charge is -2.34. The van der Waals surface area contributed by atoms with E-state index in [1.54, 1.807) is 6.92 Å². The van der Waals surface area contributed by atoms with Crippen LogP contribution >= 0.6 is 11.6 Å². The lowest BCUT2D eigenvalue weighted by Crippen LogP contribution is -2.46. The molecule has 0 aromatic carbocycles. The van der Waals surface area contributed by atoms with Crippen molar-refractivity contribution in [2.45, 2.75) is 31.8 Å². The zero-order valence-electron chi connectivity index (χ0n) is 12.5. The third-order valence-electron chi connectivity index (χ3n) is 4.32. The van der Waals surface area contributed by atoms with Crippen LogP contribution in [0.3, 0.4) is 0 Å². The van der Waals surface area contributed by atoms with Gasteiger partial charge in [-0.3, -0.25) is 4.90 Å². The van der Waals surface area contributed by atoms with Gasteiger partial charge in [0.05, 0.1) is 33.1 Å². The predicted octanol–water partition coefficient (Wildman–Crippen LogP) is 1.15. The molecule has 3 fully saturated rings. The number of guanidine groups is 1. The molecule has 0 N–H and O–H groups in total. The number of ether oxygens (including phenoxy) is 2. The van der Waals surface area contributed by atoms with E-state index in [4.69, 9.17) is 26.1 Å². The van der Waals surface area contributed by atoms with E-state index in [1.165, 1.54) is 12.8 Å². The second kappa shape index (κ2) is 7.05. The zero-order chi connectivity index (χ0) is 14.7. The van der Waals surface area contributed by atoms with E-state index in [-0.39, 0.29) is 0 Å². The molecule has 3 saturated heterocycles. The summed E-state index contributed by atoms with van der Waals surface area (Å²) in [5.41, 5.74) is 0. The fraction of sp³-hybridized carbons (Fsp3) is 0.857. The number of fused-ring (bicyclic) bond motifs is 2. The molecule has 7 heteroatoms. The van der Waals surface area contributed by atoms with E-state index in [2.05, 4.69) is 14.8 Å². The van der Waals surface area contributed by atoms with Crippen LogP contribution in [0.2, 0.25) is 0 Å². The monoisotopic (exact) mass is 314 g/mol. The molecule has 0 aliphatic carbocycles. The fourth-order valence-electron chi connectivity index (χ4n) is 3.20. The minimum atomic E-state index is 0.513. The number of aliphatic imine (C=N–C) groups is 2. The molecule has 118 valence electrons. The molecular formula is C14H23ClN4O2. The third-order valence-corrected chi connectivity index (χ3v) is 4.40. The topological polar surface area (TPSA) is 49.7 Å². The second-order valence-electron chi connectivity index (χ2n) is 5.74. The molecule has 0 aromatic rings. The first kappa shape index (κ1) is 15.2. The maximum absolute atomic E-state index is 5.96. The lowest BCUT2D eigenvalue weighted by atomic mass is 10.2. The van der Waals surface area contributed by atoms with Crippen molar-refractivity contribution in [3.63, 3.8) is 0 Å². The maximum atomic E-state index is 5.96. The Morgan fingerprint density at radius 3 is 2.43 bits per heavy atom. The quantitative estimate of drug-likeness (QED) is 0.567. The normalized spacial score (nSPS) is 31.8. The van der Waals surface area contributed by atoms with Gasteiger partial charge in [0.25, 0.3) is 0 Å². The second-order valence-corrected chi connectivity index (χ2v) is 6.29. The molecule has 6 nitrogen and oxygen atoms in total. The Morgan fingerprint density at radius 2 is 1.81 bits per heavy atom. The molecule has 2 atom stereocenters. The number of hydrogen-bond acceptors (Lipinski definition) is 4. The molecule has 0 saturated carbocycles. The van der Waals surface area contributed by atoms with Gasteiger partial charge in [0.2, 0.25) is 5.96 Å². The van der Waals surface area contributed by atoms with Crippen LogP contribution in [0.25, 0.3) is 0 Å². The van der Waals surface area contributed by atoms with Crippen molar-refractivity contribution in [2.75, 3.05) is 46.2 Å². The summed E-state index contributed by atoms with van der Waals surface area (Å²) < 4.78 is 11.0. The predicted molar refractivity (Wildman–Crippen MR) is 83.1 cm³/mol. The highest BCUT2D eigenvalue weighted by Gasteiger charge is 2.37. The van der Waals surface area contributed by atoms with Gasteiger partial charge in [0.1, 0.15) is 5.17 Å². The smallest absolute Gasteiger partial charge is 0.223 e. The van der Waals surface area contributed by atoms with Gasteiger partial charge in [-0.2, -0.15) is 0 Å². The first-order chi connectivity index (χ1) is 10.2. The summed E-state index contributed by atoms with van der Waals surface area (Å²) in [5, 5.41) is 0.519. The third kappa shape index (κ3) is 3.74. The van der Waals surface area contributed by atoms with E-state index < -0.39 is 0 Å². The number of morpholine rings is 2. The molecule has 0 radical (unpaired) electrons. The summed E-state index contributed by atoms with van der Waals surface area (Å²) in [5.74, 6) is 0.733. The summed E-state index contributed by atoms with van der Waals surface area (Å²) in [6.07, 6.45) is 2.43. The average molecular weight is 315 g/mol. The molecule has 3 aliphatic heterocycles. The summed E-state index contributed by atoms with van der Waals surface area (Å²) in [6, 6.07) is 1.03. The van der Waals surface area contributed by atoms with Gasteiger partial charge in [-0.25, -0.2) is 9.98 Å². The van der Waals surface area contributed by atoms with Crippen LogP contribution in [-0.4, -0.2) is 79.2 Å². The Morgan fingerprint density at radius 1 is 1.14 bits per heavy atom. The van der Waals surface area contributed by atoms with E-state index in [0.29, 0.717) is 23.9 Å². The number of rotatable bonds is 2. The SMILES string of the molecule is C/C(Cl)=N\C(=N/CN1C2CCC1COC2)N1CCOCC1. The molecule has 21 heavy (non-hydrogen) atoms. The number of nitrogens with zero attached hydrogens (tertiary/aromatic N) is 4. The minimum Gasteiger partial charge on any atom is -0.378 e. The van der Waals surface area contributed by atoms with Crippen LogP contribution in [0.5, 0.6) is 0 Å². The maximum Gasteiger partial charge on any atom is 0.223 e. The first-order valence-corrected chi connectivity index (χ1v) is 8.03. The van der Waals surface area contributed by atoms with E-state index in [9.17, 15) is 0 Å². The van der Waals surface area contributed by atoms with Crippen LogP contribution < -0.4 is 0 Å².